The molecule has 1 aliphatic heterocycles. The summed E-state index contributed by atoms with van der Waals surface area (Å²) >= 11 is 1.71. The van der Waals surface area contributed by atoms with Crippen molar-refractivity contribution in [2.45, 2.75) is 13.8 Å². The third-order valence-electron chi connectivity index (χ3n) is 6.19. The van der Waals surface area contributed by atoms with Crippen LogP contribution in [0.25, 0.3) is 21.5 Å². The van der Waals surface area contributed by atoms with E-state index in [1.165, 1.54) is 4.88 Å². The van der Waals surface area contributed by atoms with E-state index in [9.17, 15) is 4.79 Å². The summed E-state index contributed by atoms with van der Waals surface area (Å²) < 4.78 is 5.26. The first kappa shape index (κ1) is 21.5. The second-order valence-corrected chi connectivity index (χ2v) is 9.75. The van der Waals surface area contributed by atoms with Gasteiger partial charge in [-0.3, -0.25) is 4.79 Å². The Morgan fingerprint density at radius 1 is 0.939 bits per heavy atom. The topological polar surface area (TPSA) is 45.7 Å². The van der Waals surface area contributed by atoms with Gasteiger partial charge in [-0.05, 0) is 68.4 Å². The minimum Gasteiger partial charge on any atom is -0.497 e. The highest BCUT2D eigenvalue weighted by Gasteiger charge is 2.25. The molecule has 2 aromatic carbocycles. The number of aryl methyl sites for hydroxylation is 2. The van der Waals surface area contributed by atoms with Gasteiger partial charge in [0.1, 0.15) is 5.75 Å². The number of aromatic nitrogens is 1. The Labute approximate surface area is 198 Å². The third-order valence-corrected chi connectivity index (χ3v) is 7.22. The van der Waals surface area contributed by atoms with E-state index in [0.717, 1.165) is 57.1 Å². The van der Waals surface area contributed by atoms with Crippen LogP contribution in [-0.2, 0) is 0 Å². The smallest absolute Gasteiger partial charge is 0.254 e. The summed E-state index contributed by atoms with van der Waals surface area (Å²) in [5.74, 6) is 0.932. The predicted molar refractivity (Wildman–Crippen MR) is 136 cm³/mol. The number of rotatable bonds is 4. The normalized spacial score (nSPS) is 14.0. The van der Waals surface area contributed by atoms with E-state index in [1.54, 1.807) is 18.4 Å². The molecule has 3 heterocycles. The van der Waals surface area contributed by atoms with Gasteiger partial charge in [0.15, 0.2) is 0 Å². The monoisotopic (exact) mass is 457 g/mol. The number of piperazine rings is 1. The molecule has 168 valence electrons. The summed E-state index contributed by atoms with van der Waals surface area (Å²) in [4.78, 5) is 25.2. The molecule has 0 bridgehead atoms. The second kappa shape index (κ2) is 8.87. The third kappa shape index (κ3) is 4.31. The van der Waals surface area contributed by atoms with Crippen molar-refractivity contribution in [3.63, 3.8) is 0 Å². The number of amides is 1. The van der Waals surface area contributed by atoms with Gasteiger partial charge in [-0.2, -0.15) is 0 Å². The number of carbonyl (C=O) groups excluding carboxylic acids is 1. The highest BCUT2D eigenvalue weighted by Crippen LogP contribution is 2.31. The molecule has 0 spiro atoms. The number of anilines is 1. The molecule has 1 aliphatic rings. The largest absolute Gasteiger partial charge is 0.497 e. The van der Waals surface area contributed by atoms with Crippen LogP contribution in [0.4, 0.5) is 5.69 Å². The maximum atomic E-state index is 13.7. The average Bonchev–Trinajstić information content (AvgIpc) is 3.29. The minimum atomic E-state index is 0.0805. The summed E-state index contributed by atoms with van der Waals surface area (Å²) in [6.45, 7) is 7.13. The van der Waals surface area contributed by atoms with E-state index >= 15 is 0 Å². The fourth-order valence-electron chi connectivity index (χ4n) is 4.35. The van der Waals surface area contributed by atoms with Gasteiger partial charge in [0.25, 0.3) is 5.91 Å². The van der Waals surface area contributed by atoms with E-state index in [0.29, 0.717) is 13.1 Å². The van der Waals surface area contributed by atoms with E-state index in [2.05, 4.69) is 55.1 Å². The fraction of sp³-hybridized carbons (Fsp3) is 0.259. The second-order valence-electron chi connectivity index (χ2n) is 8.46. The SMILES string of the molecule is COc1ccc(N2CCN(C(=O)c3cc(-c4ccc(C)s4)nc4ccc(C)cc34)CC2)cc1. The lowest BCUT2D eigenvalue weighted by Crippen LogP contribution is -2.48. The van der Waals surface area contributed by atoms with Crippen LogP contribution < -0.4 is 9.64 Å². The molecule has 0 N–H and O–H groups in total. The van der Waals surface area contributed by atoms with Crippen molar-refractivity contribution in [2.24, 2.45) is 0 Å². The molecule has 0 atom stereocenters. The Bertz CT molecular complexity index is 1300. The van der Waals surface area contributed by atoms with Crippen molar-refractivity contribution >= 4 is 33.8 Å². The first-order valence-electron chi connectivity index (χ1n) is 11.2. The number of methoxy groups -OCH3 is 1. The van der Waals surface area contributed by atoms with E-state index < -0.39 is 0 Å². The number of pyridine rings is 1. The van der Waals surface area contributed by atoms with Gasteiger partial charge in [-0.25, -0.2) is 4.98 Å². The summed E-state index contributed by atoms with van der Waals surface area (Å²) in [5, 5.41) is 0.926. The predicted octanol–water partition coefficient (Wildman–Crippen LogP) is 5.55. The number of carbonyl (C=O) groups is 1. The molecule has 1 saturated heterocycles. The Hall–Kier alpha value is -3.38. The van der Waals surface area contributed by atoms with Crippen LogP contribution in [0.2, 0.25) is 0 Å². The molecule has 33 heavy (non-hydrogen) atoms. The van der Waals surface area contributed by atoms with Gasteiger partial charge in [-0.1, -0.05) is 11.6 Å². The number of nitrogens with zero attached hydrogens (tertiary/aromatic N) is 3. The Morgan fingerprint density at radius 3 is 2.36 bits per heavy atom. The Morgan fingerprint density at radius 2 is 1.70 bits per heavy atom. The quantitative estimate of drug-likeness (QED) is 0.403. The van der Waals surface area contributed by atoms with Crippen LogP contribution in [0, 0.1) is 13.8 Å². The molecule has 5 rings (SSSR count). The Kier molecular flexibility index (Phi) is 5.77. The van der Waals surface area contributed by atoms with Crippen LogP contribution in [0.3, 0.4) is 0 Å². The van der Waals surface area contributed by atoms with Crippen LogP contribution in [0.15, 0.2) is 60.7 Å². The van der Waals surface area contributed by atoms with Crippen molar-refractivity contribution < 1.29 is 9.53 Å². The molecule has 2 aromatic heterocycles. The highest BCUT2D eigenvalue weighted by molar-refractivity contribution is 7.15. The molecule has 0 aliphatic carbocycles. The van der Waals surface area contributed by atoms with E-state index in [1.807, 2.05) is 29.2 Å². The molecule has 4 aromatic rings. The lowest BCUT2D eigenvalue weighted by Gasteiger charge is -2.36. The first-order chi connectivity index (χ1) is 16.0. The van der Waals surface area contributed by atoms with Gasteiger partial charge in [0.2, 0.25) is 0 Å². The molecule has 6 heteroatoms. The zero-order valence-corrected chi connectivity index (χ0v) is 20.0. The number of benzene rings is 2. The van der Waals surface area contributed by atoms with Gasteiger partial charge < -0.3 is 14.5 Å². The van der Waals surface area contributed by atoms with Crippen molar-refractivity contribution in [3.8, 4) is 16.3 Å². The van der Waals surface area contributed by atoms with Crippen LogP contribution in [0.1, 0.15) is 20.8 Å². The molecular formula is C27H27N3O2S. The van der Waals surface area contributed by atoms with E-state index in [-0.39, 0.29) is 5.91 Å². The standard InChI is InChI=1S/C27H27N3O2S/c1-18-4-10-24-22(16-18)23(17-25(28-24)26-11-5-19(2)33-26)27(31)30-14-12-29(13-15-30)20-6-8-21(32-3)9-7-20/h4-11,16-17H,12-15H2,1-3H3. The number of ether oxygens (including phenoxy) is 1. The van der Waals surface area contributed by atoms with Crippen molar-refractivity contribution in [2.75, 3.05) is 38.2 Å². The fourth-order valence-corrected chi connectivity index (χ4v) is 5.17. The number of thiophene rings is 1. The lowest BCUT2D eigenvalue weighted by molar-refractivity contribution is 0.0748. The van der Waals surface area contributed by atoms with Crippen LogP contribution in [-0.4, -0.2) is 49.1 Å². The molecule has 0 radical (unpaired) electrons. The summed E-state index contributed by atoms with van der Waals surface area (Å²) in [5.41, 5.74) is 4.75. The maximum Gasteiger partial charge on any atom is 0.254 e. The van der Waals surface area contributed by atoms with Gasteiger partial charge >= 0.3 is 0 Å². The number of hydrogen-bond acceptors (Lipinski definition) is 5. The number of fused-ring (bicyclic) bond motifs is 1. The van der Waals surface area contributed by atoms with Crippen LogP contribution in [0.5, 0.6) is 5.75 Å². The Balaban J connectivity index is 1.42. The first-order valence-corrected chi connectivity index (χ1v) is 12.0. The molecule has 0 saturated carbocycles. The van der Waals surface area contributed by atoms with Gasteiger partial charge in [0, 0.05) is 42.1 Å². The zero-order chi connectivity index (χ0) is 22.9. The summed E-state index contributed by atoms with van der Waals surface area (Å²) in [6.07, 6.45) is 0. The van der Waals surface area contributed by atoms with Gasteiger partial charge in [-0.15, -0.1) is 11.3 Å². The molecule has 0 unspecified atom stereocenters. The summed E-state index contributed by atoms with van der Waals surface area (Å²) in [6, 6.07) is 20.4. The average molecular weight is 458 g/mol. The molecule has 1 amide bonds. The van der Waals surface area contributed by atoms with Gasteiger partial charge in [0.05, 0.1) is 28.8 Å². The minimum absolute atomic E-state index is 0.0805. The van der Waals surface area contributed by atoms with Crippen molar-refractivity contribution in [3.05, 3.63) is 76.7 Å². The molecule has 1 fully saturated rings. The zero-order valence-electron chi connectivity index (χ0n) is 19.2. The summed E-state index contributed by atoms with van der Waals surface area (Å²) in [7, 11) is 1.68. The van der Waals surface area contributed by atoms with Crippen molar-refractivity contribution in [1.82, 2.24) is 9.88 Å². The van der Waals surface area contributed by atoms with Crippen molar-refractivity contribution in [1.29, 1.82) is 0 Å². The molecular weight excluding hydrogens is 430 g/mol. The maximum absolute atomic E-state index is 13.7. The van der Waals surface area contributed by atoms with E-state index in [4.69, 9.17) is 9.72 Å². The number of hydrogen-bond donors (Lipinski definition) is 0. The molecule has 5 nitrogen and oxygen atoms in total. The van der Waals surface area contributed by atoms with Crippen LogP contribution >= 0.6 is 11.3 Å². The lowest BCUT2D eigenvalue weighted by atomic mass is 10.0. The highest BCUT2D eigenvalue weighted by atomic mass is 32.1.